The second-order valence-corrected chi connectivity index (χ2v) is 13.0. The van der Waals surface area contributed by atoms with E-state index in [0.717, 1.165) is 46.2 Å². The number of aromatic nitrogens is 1. The van der Waals surface area contributed by atoms with Gasteiger partial charge >= 0.3 is 0 Å². The molecule has 0 saturated carbocycles. The third kappa shape index (κ3) is 4.21. The molecule has 4 aliphatic rings. The molecule has 0 saturated heterocycles. The largest absolute Gasteiger partial charge is 0.484 e. The molecule has 5 nitrogen and oxygen atoms in total. The highest BCUT2D eigenvalue weighted by atomic mass is 16.5. The summed E-state index contributed by atoms with van der Waals surface area (Å²) in [5.74, 6) is 3.28. The fraction of sp³-hybridized carbons (Fsp3) is 0.116. The normalized spacial score (nSPS) is 22.5. The van der Waals surface area contributed by atoms with E-state index in [0.29, 0.717) is 5.92 Å². The number of hydrogen-bond acceptors (Lipinski definition) is 3. The van der Waals surface area contributed by atoms with E-state index in [2.05, 4.69) is 156 Å². The molecule has 3 heterocycles. The number of para-hydroxylation sites is 1. The maximum absolute atomic E-state index is 6.80. The number of rotatable bonds is 4. The maximum atomic E-state index is 6.80. The van der Waals surface area contributed by atoms with Crippen LogP contribution in [-0.2, 0) is 0 Å². The molecule has 2 N–H and O–H groups in total. The summed E-state index contributed by atoms with van der Waals surface area (Å²) in [6.45, 7) is 0. The molecule has 230 valence electrons. The Morgan fingerprint density at radius 2 is 1.44 bits per heavy atom. The van der Waals surface area contributed by atoms with Gasteiger partial charge in [0.1, 0.15) is 11.9 Å². The van der Waals surface area contributed by atoms with Crippen LogP contribution in [0.5, 0.6) is 5.75 Å². The summed E-state index contributed by atoms with van der Waals surface area (Å²) >= 11 is 0. The van der Waals surface area contributed by atoms with Gasteiger partial charge in [0.25, 0.3) is 0 Å². The van der Waals surface area contributed by atoms with Crippen LogP contribution in [0.15, 0.2) is 162 Å². The summed E-state index contributed by atoms with van der Waals surface area (Å²) in [4.78, 5) is 10.3. The number of ether oxygens (including phenoxy) is 1. The first kappa shape index (κ1) is 27.3. The third-order valence-corrected chi connectivity index (χ3v) is 10.2. The van der Waals surface area contributed by atoms with Crippen LogP contribution in [0.25, 0.3) is 38.3 Å². The first-order valence-electron chi connectivity index (χ1n) is 16.8. The molecule has 2 aliphatic carbocycles. The van der Waals surface area contributed by atoms with Gasteiger partial charge in [0.15, 0.2) is 12.0 Å². The quantitative estimate of drug-likeness (QED) is 0.212. The fourth-order valence-corrected chi connectivity index (χ4v) is 7.98. The van der Waals surface area contributed by atoms with E-state index in [1.807, 2.05) is 6.07 Å². The molecule has 1 aromatic heterocycles. The van der Waals surface area contributed by atoms with Crippen molar-refractivity contribution >= 4 is 44.2 Å². The molecule has 2 aliphatic heterocycles. The van der Waals surface area contributed by atoms with Crippen LogP contribution >= 0.6 is 0 Å². The summed E-state index contributed by atoms with van der Waals surface area (Å²) in [6.07, 6.45) is 18.5. The summed E-state index contributed by atoms with van der Waals surface area (Å²) < 4.78 is 9.21. The fourth-order valence-electron chi connectivity index (χ4n) is 7.98. The molecular formula is C43H33N4O+. The van der Waals surface area contributed by atoms with Gasteiger partial charge in [0.05, 0.1) is 27.9 Å². The molecule has 10 rings (SSSR count). The Kier molecular flexibility index (Phi) is 6.21. The van der Waals surface area contributed by atoms with Crippen LogP contribution in [0.1, 0.15) is 29.0 Å². The van der Waals surface area contributed by atoms with Gasteiger partial charge in [-0.1, -0.05) is 103 Å². The molecule has 0 fully saturated rings. The third-order valence-electron chi connectivity index (χ3n) is 10.2. The number of nitrogens with zero attached hydrogens (tertiary/aromatic N) is 3. The Bertz CT molecular complexity index is 2440. The Morgan fingerprint density at radius 3 is 2.27 bits per heavy atom. The Balaban J connectivity index is 1.14. The van der Waals surface area contributed by atoms with Crippen molar-refractivity contribution in [2.75, 3.05) is 0 Å². The summed E-state index contributed by atoms with van der Waals surface area (Å²) in [6, 6.07) is 36.8. The number of benzene rings is 5. The molecule has 4 unspecified atom stereocenters. The zero-order chi connectivity index (χ0) is 31.6. The lowest BCUT2D eigenvalue weighted by molar-refractivity contribution is -0.586. The highest BCUT2D eigenvalue weighted by Crippen LogP contribution is 2.52. The predicted octanol–water partition coefficient (Wildman–Crippen LogP) is 8.14. The topological polar surface area (TPSA) is 55.5 Å². The number of fused-ring (bicyclic) bond motifs is 10. The van der Waals surface area contributed by atoms with E-state index in [4.69, 9.17) is 14.7 Å². The lowest BCUT2D eigenvalue weighted by atomic mass is 9.87. The summed E-state index contributed by atoms with van der Waals surface area (Å²) in [7, 11) is 0. The van der Waals surface area contributed by atoms with Gasteiger partial charge in [-0.05, 0) is 60.3 Å². The SMILES string of the molecule is C1=CCC(C2N=C(c3ccc(-n4c5ccccc5c5c6c(c7ccccc7c54)C4C=CC=CC4O6)cc3)N=C(c3ccccc3)[NH2+]2)C=C1. The average Bonchev–Trinajstić information content (AvgIpc) is 3.72. The minimum absolute atomic E-state index is 0.0131. The minimum atomic E-state index is 0.0131. The van der Waals surface area contributed by atoms with Gasteiger partial charge in [-0.25, -0.2) is 4.99 Å². The lowest BCUT2D eigenvalue weighted by Gasteiger charge is -2.24. The first-order valence-corrected chi connectivity index (χ1v) is 16.8. The predicted molar refractivity (Wildman–Crippen MR) is 195 cm³/mol. The molecule has 0 bridgehead atoms. The number of hydrogen-bond donors (Lipinski definition) is 1. The molecule has 48 heavy (non-hydrogen) atoms. The molecule has 0 radical (unpaired) electrons. The molecule has 0 spiro atoms. The van der Waals surface area contributed by atoms with Crippen molar-refractivity contribution in [2.24, 2.45) is 15.9 Å². The molecule has 6 aromatic rings. The molecule has 5 heteroatoms. The van der Waals surface area contributed by atoms with Gasteiger partial charge in [-0.15, -0.1) is 0 Å². The van der Waals surface area contributed by atoms with Crippen LogP contribution in [0.4, 0.5) is 0 Å². The van der Waals surface area contributed by atoms with E-state index in [1.165, 1.54) is 32.6 Å². The zero-order valence-corrected chi connectivity index (χ0v) is 26.3. The molecule has 4 atom stereocenters. The van der Waals surface area contributed by atoms with Crippen molar-refractivity contribution in [3.63, 3.8) is 0 Å². The van der Waals surface area contributed by atoms with E-state index >= 15 is 0 Å². The van der Waals surface area contributed by atoms with Gasteiger partial charge in [-0.3, -0.25) is 5.32 Å². The van der Waals surface area contributed by atoms with Crippen LogP contribution in [0, 0.1) is 5.92 Å². The van der Waals surface area contributed by atoms with E-state index in [1.54, 1.807) is 0 Å². The smallest absolute Gasteiger partial charge is 0.235 e. The highest BCUT2D eigenvalue weighted by Gasteiger charge is 2.37. The van der Waals surface area contributed by atoms with Crippen molar-refractivity contribution in [1.82, 2.24) is 4.57 Å². The van der Waals surface area contributed by atoms with Crippen LogP contribution in [0.2, 0.25) is 0 Å². The summed E-state index contributed by atoms with van der Waals surface area (Å²) in [5, 5.41) is 7.10. The second-order valence-electron chi connectivity index (χ2n) is 13.0. The zero-order valence-electron chi connectivity index (χ0n) is 26.3. The highest BCUT2D eigenvalue weighted by molar-refractivity contribution is 6.23. The number of amidine groups is 2. The number of nitrogens with two attached hydrogens (primary N) is 1. The average molecular weight is 622 g/mol. The van der Waals surface area contributed by atoms with Crippen molar-refractivity contribution in [3.05, 3.63) is 168 Å². The molecule has 0 amide bonds. The standard InChI is InChI=1S/C43H32N4O/c1-3-13-27(14-4-1)41-44-42(28-15-5-2-6-16-28)46-43(45-41)29-23-25-30(26-24-29)47-35-21-11-9-19-33(35)38-39(47)32-18-8-7-17-31(32)37-34-20-10-12-22-36(34)48-40(37)38/h1-15,17-26,28,34,36,42H,16H2,(H,44,45,46)/p+1. The minimum Gasteiger partial charge on any atom is -0.484 e. The van der Waals surface area contributed by atoms with Crippen molar-refractivity contribution < 1.29 is 10.1 Å². The molecule has 5 aromatic carbocycles. The summed E-state index contributed by atoms with van der Waals surface area (Å²) in [5.41, 5.74) is 6.85. The molecular weight excluding hydrogens is 589 g/mol. The number of quaternary nitrogens is 1. The Morgan fingerprint density at radius 1 is 0.688 bits per heavy atom. The van der Waals surface area contributed by atoms with Crippen molar-refractivity contribution in [1.29, 1.82) is 0 Å². The van der Waals surface area contributed by atoms with Crippen molar-refractivity contribution in [3.8, 4) is 11.4 Å². The first-order chi connectivity index (χ1) is 23.8. The van der Waals surface area contributed by atoms with E-state index < -0.39 is 0 Å². The maximum Gasteiger partial charge on any atom is 0.235 e. The van der Waals surface area contributed by atoms with Crippen LogP contribution < -0.4 is 10.1 Å². The van der Waals surface area contributed by atoms with E-state index in [9.17, 15) is 0 Å². The Labute approximate surface area is 278 Å². The van der Waals surface area contributed by atoms with Crippen LogP contribution in [-0.4, -0.2) is 28.5 Å². The second kappa shape index (κ2) is 10.9. The van der Waals surface area contributed by atoms with Gasteiger partial charge < -0.3 is 9.30 Å². The van der Waals surface area contributed by atoms with Crippen molar-refractivity contribution in [2.45, 2.75) is 24.6 Å². The monoisotopic (exact) mass is 621 g/mol. The van der Waals surface area contributed by atoms with E-state index in [-0.39, 0.29) is 18.2 Å². The van der Waals surface area contributed by atoms with Gasteiger partial charge in [-0.2, -0.15) is 4.99 Å². The van der Waals surface area contributed by atoms with Crippen LogP contribution in [0.3, 0.4) is 0 Å². The number of aliphatic imine (C=N–C) groups is 2. The lowest BCUT2D eigenvalue weighted by Crippen LogP contribution is -2.95. The Hall–Kier alpha value is -5.78. The number of allylic oxidation sites excluding steroid dienone is 5. The van der Waals surface area contributed by atoms with Gasteiger partial charge in [0.2, 0.25) is 5.84 Å². The van der Waals surface area contributed by atoms with Gasteiger partial charge in [0, 0.05) is 33.5 Å².